The molecule has 0 aliphatic rings. The van der Waals surface area contributed by atoms with Gasteiger partial charge in [0.2, 0.25) is 0 Å². The van der Waals surface area contributed by atoms with Crippen LogP contribution in [0.2, 0.25) is 0 Å². The zero-order valence-electron chi connectivity index (χ0n) is 15.1. The van der Waals surface area contributed by atoms with Crippen LogP contribution < -0.4 is 15.0 Å². The molecule has 28 heavy (non-hydrogen) atoms. The molecule has 140 valence electrons. The number of halogens is 1. The predicted molar refractivity (Wildman–Crippen MR) is 112 cm³/mol. The number of rotatable bonds is 5. The molecule has 0 amide bonds. The Morgan fingerprint density at radius 1 is 0.964 bits per heavy atom. The van der Waals surface area contributed by atoms with Gasteiger partial charge in [0.15, 0.2) is 5.75 Å². The summed E-state index contributed by atoms with van der Waals surface area (Å²) < 4.78 is 12.7. The van der Waals surface area contributed by atoms with E-state index in [9.17, 15) is 4.79 Å². The molecular weight excluding hydrogens is 420 g/mol. The Hall–Kier alpha value is -3.12. The van der Waals surface area contributed by atoms with Crippen LogP contribution in [0.15, 0.2) is 82.2 Å². The van der Waals surface area contributed by atoms with Crippen LogP contribution in [0, 0.1) is 0 Å². The summed E-state index contributed by atoms with van der Waals surface area (Å²) in [5.74, 6) is 1.69. The van der Waals surface area contributed by atoms with Gasteiger partial charge in [-0.05, 0) is 56.5 Å². The number of benzene rings is 3. The van der Waals surface area contributed by atoms with Gasteiger partial charge in [-0.3, -0.25) is 4.79 Å². The maximum Gasteiger partial charge on any atom is 0.285 e. The summed E-state index contributed by atoms with van der Waals surface area (Å²) in [6.07, 6.45) is 1.54. The van der Waals surface area contributed by atoms with Gasteiger partial charge in [0, 0.05) is 0 Å². The first kappa shape index (κ1) is 18.3. The maximum atomic E-state index is 12.8. The Balaban J connectivity index is 1.63. The molecule has 0 fully saturated rings. The first-order valence-corrected chi connectivity index (χ1v) is 9.49. The molecule has 0 aliphatic heterocycles. The van der Waals surface area contributed by atoms with E-state index >= 15 is 0 Å². The van der Waals surface area contributed by atoms with Crippen LogP contribution in [0.3, 0.4) is 0 Å². The maximum absolute atomic E-state index is 12.8. The third-order valence-electron chi connectivity index (χ3n) is 4.44. The van der Waals surface area contributed by atoms with Gasteiger partial charge in [0.1, 0.15) is 16.0 Å². The van der Waals surface area contributed by atoms with Gasteiger partial charge in [-0.25, -0.2) is 4.68 Å². The molecule has 4 aromatic rings. The van der Waals surface area contributed by atoms with Crippen LogP contribution in [0.1, 0.15) is 5.56 Å². The van der Waals surface area contributed by atoms with Gasteiger partial charge >= 0.3 is 0 Å². The molecule has 1 aromatic heterocycles. The topological polar surface area (TPSA) is 53.4 Å². The van der Waals surface area contributed by atoms with Gasteiger partial charge < -0.3 is 9.47 Å². The largest absolute Gasteiger partial charge is 0.497 e. The molecule has 0 saturated heterocycles. The minimum Gasteiger partial charge on any atom is -0.497 e. The highest BCUT2D eigenvalue weighted by Crippen LogP contribution is 2.27. The fourth-order valence-corrected chi connectivity index (χ4v) is 3.38. The molecule has 5 nitrogen and oxygen atoms in total. The average Bonchev–Trinajstić information content (AvgIpc) is 2.74. The summed E-state index contributed by atoms with van der Waals surface area (Å²) in [4.78, 5) is 12.8. The molecule has 0 atom stereocenters. The smallest absolute Gasteiger partial charge is 0.285 e. The van der Waals surface area contributed by atoms with E-state index in [0.717, 1.165) is 22.1 Å². The summed E-state index contributed by atoms with van der Waals surface area (Å²) in [6.45, 7) is 0.377. The lowest BCUT2D eigenvalue weighted by atomic mass is 10.0. The summed E-state index contributed by atoms with van der Waals surface area (Å²) >= 11 is 3.36. The first-order chi connectivity index (χ1) is 13.7. The SMILES string of the molecule is COc1ccc(Oc2cnn(Cc3cccc4ccccc34)c(=O)c2Br)cc1. The van der Waals surface area contributed by atoms with E-state index in [-0.39, 0.29) is 5.56 Å². The second-order valence-corrected chi connectivity index (χ2v) is 6.99. The van der Waals surface area contributed by atoms with Crippen molar-refractivity contribution in [1.29, 1.82) is 0 Å². The average molecular weight is 437 g/mol. The predicted octanol–water partition coefficient (Wildman–Crippen LogP) is 5.01. The molecule has 0 saturated carbocycles. The van der Waals surface area contributed by atoms with Crippen LogP contribution in [0.25, 0.3) is 10.8 Å². The highest BCUT2D eigenvalue weighted by molar-refractivity contribution is 9.10. The summed E-state index contributed by atoms with van der Waals surface area (Å²) in [6, 6.07) is 21.3. The van der Waals surface area contributed by atoms with Crippen molar-refractivity contribution in [2.45, 2.75) is 6.54 Å². The number of hydrogen-bond donors (Lipinski definition) is 0. The van der Waals surface area contributed by atoms with Crippen LogP contribution in [0.4, 0.5) is 0 Å². The van der Waals surface area contributed by atoms with E-state index in [4.69, 9.17) is 9.47 Å². The van der Waals surface area contributed by atoms with Crippen LogP contribution >= 0.6 is 15.9 Å². The van der Waals surface area contributed by atoms with Crippen LogP contribution in [-0.4, -0.2) is 16.9 Å². The van der Waals surface area contributed by atoms with E-state index in [0.29, 0.717) is 22.5 Å². The Labute approximate surface area is 170 Å². The number of nitrogens with zero attached hydrogens (tertiary/aromatic N) is 2. The second kappa shape index (κ2) is 7.86. The van der Waals surface area contributed by atoms with E-state index in [1.54, 1.807) is 37.6 Å². The standard InChI is InChI=1S/C22H17BrN2O3/c1-27-17-9-11-18(12-10-17)28-20-13-24-25(22(26)21(20)23)14-16-7-4-6-15-5-2-3-8-19(15)16/h2-13H,14H2,1H3. The van der Waals surface area contributed by atoms with Crippen molar-refractivity contribution in [2.75, 3.05) is 7.11 Å². The van der Waals surface area contributed by atoms with E-state index in [1.165, 1.54) is 4.68 Å². The van der Waals surface area contributed by atoms with Crippen LogP contribution in [0.5, 0.6) is 17.2 Å². The molecule has 0 spiro atoms. The molecule has 6 heteroatoms. The van der Waals surface area contributed by atoms with Crippen molar-refractivity contribution >= 4 is 26.7 Å². The lowest BCUT2D eigenvalue weighted by Gasteiger charge is -2.11. The Bertz CT molecular complexity index is 1180. The molecule has 0 bridgehead atoms. The highest BCUT2D eigenvalue weighted by Gasteiger charge is 2.12. The van der Waals surface area contributed by atoms with E-state index < -0.39 is 0 Å². The van der Waals surface area contributed by atoms with Crippen molar-refractivity contribution in [3.05, 3.63) is 93.3 Å². The lowest BCUT2D eigenvalue weighted by molar-refractivity contribution is 0.412. The number of hydrogen-bond acceptors (Lipinski definition) is 4. The van der Waals surface area contributed by atoms with E-state index in [1.807, 2.05) is 30.3 Å². The fraction of sp³-hybridized carbons (Fsp3) is 0.0909. The zero-order valence-corrected chi connectivity index (χ0v) is 16.7. The molecule has 0 unspecified atom stereocenters. The van der Waals surface area contributed by atoms with Gasteiger partial charge in [-0.15, -0.1) is 0 Å². The minimum absolute atomic E-state index is 0.251. The first-order valence-electron chi connectivity index (χ1n) is 8.70. The van der Waals surface area contributed by atoms with Gasteiger partial charge in [0.25, 0.3) is 5.56 Å². The highest BCUT2D eigenvalue weighted by atomic mass is 79.9. The third kappa shape index (κ3) is 3.64. The molecule has 4 rings (SSSR count). The second-order valence-electron chi connectivity index (χ2n) is 6.20. The van der Waals surface area contributed by atoms with Gasteiger partial charge in [-0.2, -0.15) is 5.10 Å². The minimum atomic E-state index is -0.251. The van der Waals surface area contributed by atoms with Crippen LogP contribution in [-0.2, 0) is 6.54 Å². The molecule has 0 aliphatic carbocycles. The Kier molecular flexibility index (Phi) is 5.12. The molecular formula is C22H17BrN2O3. The molecule has 3 aromatic carbocycles. The zero-order chi connectivity index (χ0) is 19.5. The third-order valence-corrected chi connectivity index (χ3v) is 5.17. The number of aromatic nitrogens is 2. The Morgan fingerprint density at radius 2 is 1.68 bits per heavy atom. The van der Waals surface area contributed by atoms with Gasteiger partial charge in [-0.1, -0.05) is 42.5 Å². The van der Waals surface area contributed by atoms with Gasteiger partial charge in [0.05, 0.1) is 19.9 Å². The summed E-state index contributed by atoms with van der Waals surface area (Å²) in [5, 5.41) is 6.53. The van der Waals surface area contributed by atoms with Crippen molar-refractivity contribution < 1.29 is 9.47 Å². The van der Waals surface area contributed by atoms with Crippen molar-refractivity contribution in [2.24, 2.45) is 0 Å². The quantitative estimate of drug-likeness (QED) is 0.441. The van der Waals surface area contributed by atoms with Crippen molar-refractivity contribution in [1.82, 2.24) is 9.78 Å². The molecule has 1 heterocycles. The lowest BCUT2D eigenvalue weighted by Crippen LogP contribution is -2.24. The number of ether oxygens (including phenoxy) is 2. The number of methoxy groups -OCH3 is 1. The normalized spacial score (nSPS) is 10.8. The number of fused-ring (bicyclic) bond motifs is 1. The van der Waals surface area contributed by atoms with Crippen molar-refractivity contribution in [3.8, 4) is 17.2 Å². The van der Waals surface area contributed by atoms with E-state index in [2.05, 4.69) is 33.2 Å². The van der Waals surface area contributed by atoms with Crippen molar-refractivity contribution in [3.63, 3.8) is 0 Å². The Morgan fingerprint density at radius 3 is 2.46 bits per heavy atom. The summed E-state index contributed by atoms with van der Waals surface area (Å²) in [7, 11) is 1.60. The molecule has 0 N–H and O–H groups in total. The fourth-order valence-electron chi connectivity index (χ4n) is 3.00. The summed E-state index contributed by atoms with van der Waals surface area (Å²) in [5.41, 5.74) is 0.780. The molecule has 0 radical (unpaired) electrons. The monoisotopic (exact) mass is 436 g/mol.